The van der Waals surface area contributed by atoms with Crippen LogP contribution in [-0.2, 0) is 4.74 Å². The van der Waals surface area contributed by atoms with Gasteiger partial charge in [-0.15, -0.1) is 0 Å². The van der Waals surface area contributed by atoms with Crippen LogP contribution in [0.4, 0.5) is 0 Å². The van der Waals surface area contributed by atoms with Gasteiger partial charge >= 0.3 is 0 Å². The number of rotatable bonds is 6. The van der Waals surface area contributed by atoms with Gasteiger partial charge in [-0.25, -0.2) is 0 Å². The molecule has 0 aromatic carbocycles. The van der Waals surface area contributed by atoms with E-state index >= 15 is 0 Å². The zero-order valence-electron chi connectivity index (χ0n) is 11.3. The van der Waals surface area contributed by atoms with E-state index in [4.69, 9.17) is 4.74 Å². The number of nitrogens with zero attached hydrogens (tertiary/aromatic N) is 1. The maximum atomic E-state index is 5.84. The van der Waals surface area contributed by atoms with Crippen LogP contribution in [0.5, 0.6) is 0 Å². The number of piperidine rings is 1. The highest BCUT2D eigenvalue weighted by atomic mass is 16.5. The Morgan fingerprint density at radius 3 is 2.94 bits per heavy atom. The summed E-state index contributed by atoms with van der Waals surface area (Å²) in [6.07, 6.45) is 7.06. The normalized spacial score (nSPS) is 18.7. The van der Waals surface area contributed by atoms with Crippen molar-refractivity contribution in [3.8, 4) is 0 Å². The Morgan fingerprint density at radius 1 is 1.39 bits per heavy atom. The van der Waals surface area contributed by atoms with Gasteiger partial charge in [0.25, 0.3) is 0 Å². The lowest BCUT2D eigenvalue weighted by atomic mass is 9.93. The first-order chi connectivity index (χ1) is 8.86. The lowest BCUT2D eigenvalue weighted by Gasteiger charge is -2.22. The molecular weight excluding hydrogens is 224 g/mol. The molecule has 0 radical (unpaired) electrons. The van der Waals surface area contributed by atoms with Gasteiger partial charge in [-0.1, -0.05) is 6.07 Å². The average Bonchev–Trinajstić information content (AvgIpc) is 2.45. The van der Waals surface area contributed by atoms with E-state index in [-0.39, 0.29) is 6.10 Å². The summed E-state index contributed by atoms with van der Waals surface area (Å²) in [5, 5.41) is 3.41. The minimum atomic E-state index is 0.110. The van der Waals surface area contributed by atoms with Gasteiger partial charge in [0.15, 0.2) is 0 Å². The lowest BCUT2D eigenvalue weighted by molar-refractivity contribution is 0.0573. The zero-order valence-corrected chi connectivity index (χ0v) is 11.3. The summed E-state index contributed by atoms with van der Waals surface area (Å²) in [6.45, 7) is 5.31. The van der Waals surface area contributed by atoms with Gasteiger partial charge in [0.05, 0.1) is 11.8 Å². The van der Waals surface area contributed by atoms with E-state index in [9.17, 15) is 0 Å². The molecule has 1 saturated heterocycles. The molecule has 2 rings (SSSR count). The Hall–Kier alpha value is -0.930. The van der Waals surface area contributed by atoms with Crippen LogP contribution in [0.15, 0.2) is 24.4 Å². The van der Waals surface area contributed by atoms with Gasteiger partial charge in [-0.3, -0.25) is 4.98 Å². The Balaban J connectivity index is 1.60. The smallest absolute Gasteiger partial charge is 0.0966 e. The SMILES string of the molecule is CC(OCCCC1CCNCC1)c1ccccn1. The van der Waals surface area contributed by atoms with E-state index in [1.807, 2.05) is 24.4 Å². The molecule has 3 nitrogen and oxygen atoms in total. The van der Waals surface area contributed by atoms with Crippen molar-refractivity contribution in [1.29, 1.82) is 0 Å². The third kappa shape index (κ3) is 4.39. The van der Waals surface area contributed by atoms with Crippen LogP contribution in [-0.4, -0.2) is 24.7 Å². The standard InChI is InChI=1S/C15H24N2O/c1-13(15-6-2-3-9-17-15)18-12-4-5-14-7-10-16-11-8-14/h2-3,6,9,13-14,16H,4-5,7-8,10-12H2,1H3. The van der Waals surface area contributed by atoms with Gasteiger partial charge in [-0.2, -0.15) is 0 Å². The number of hydrogen-bond acceptors (Lipinski definition) is 3. The van der Waals surface area contributed by atoms with Crippen molar-refractivity contribution in [3.05, 3.63) is 30.1 Å². The van der Waals surface area contributed by atoms with Crippen molar-refractivity contribution in [3.63, 3.8) is 0 Å². The second-order valence-electron chi connectivity index (χ2n) is 5.10. The molecule has 18 heavy (non-hydrogen) atoms. The van der Waals surface area contributed by atoms with Crippen LogP contribution in [0.2, 0.25) is 0 Å². The topological polar surface area (TPSA) is 34.1 Å². The molecule has 1 aliphatic rings. The Kier molecular flexibility index (Phi) is 5.62. The third-order valence-corrected chi connectivity index (χ3v) is 3.69. The van der Waals surface area contributed by atoms with Crippen molar-refractivity contribution in [2.24, 2.45) is 5.92 Å². The van der Waals surface area contributed by atoms with Gasteiger partial charge in [-0.05, 0) is 63.7 Å². The van der Waals surface area contributed by atoms with Crippen LogP contribution in [0.25, 0.3) is 0 Å². The van der Waals surface area contributed by atoms with E-state index in [0.29, 0.717) is 0 Å². The Labute approximate surface area is 110 Å². The maximum absolute atomic E-state index is 5.84. The molecule has 1 N–H and O–H groups in total. The predicted octanol–water partition coefficient (Wildman–Crippen LogP) is 2.94. The van der Waals surface area contributed by atoms with Crippen LogP contribution in [0.1, 0.15) is 44.4 Å². The monoisotopic (exact) mass is 248 g/mol. The maximum Gasteiger partial charge on any atom is 0.0966 e. The molecule has 1 aromatic rings. The number of nitrogens with one attached hydrogen (secondary N) is 1. The Morgan fingerprint density at radius 2 is 2.22 bits per heavy atom. The average molecular weight is 248 g/mol. The molecule has 0 amide bonds. The number of hydrogen-bond donors (Lipinski definition) is 1. The first kappa shape index (κ1) is 13.5. The van der Waals surface area contributed by atoms with Crippen molar-refractivity contribution in [2.75, 3.05) is 19.7 Å². The quantitative estimate of drug-likeness (QED) is 0.786. The molecule has 1 unspecified atom stereocenters. The number of aromatic nitrogens is 1. The van der Waals surface area contributed by atoms with Gasteiger partial charge < -0.3 is 10.1 Å². The van der Waals surface area contributed by atoms with E-state index in [1.165, 1.54) is 38.8 Å². The Bertz CT molecular complexity index is 323. The fourth-order valence-corrected chi connectivity index (χ4v) is 2.50. The third-order valence-electron chi connectivity index (χ3n) is 3.69. The van der Waals surface area contributed by atoms with Crippen molar-refractivity contribution in [2.45, 2.75) is 38.7 Å². The highest BCUT2D eigenvalue weighted by molar-refractivity contribution is 5.05. The minimum Gasteiger partial charge on any atom is -0.372 e. The molecule has 0 aliphatic carbocycles. The van der Waals surface area contributed by atoms with E-state index in [1.54, 1.807) is 0 Å². The second-order valence-corrected chi connectivity index (χ2v) is 5.10. The van der Waals surface area contributed by atoms with Gasteiger partial charge in [0.1, 0.15) is 0 Å². The van der Waals surface area contributed by atoms with Crippen LogP contribution in [0, 0.1) is 5.92 Å². The summed E-state index contributed by atoms with van der Waals surface area (Å²) in [5.74, 6) is 0.903. The molecule has 0 saturated carbocycles. The molecule has 0 bridgehead atoms. The summed E-state index contributed by atoms with van der Waals surface area (Å²) in [7, 11) is 0. The highest BCUT2D eigenvalue weighted by Gasteiger charge is 2.12. The van der Waals surface area contributed by atoms with Crippen LogP contribution < -0.4 is 5.32 Å². The molecular formula is C15H24N2O. The fourth-order valence-electron chi connectivity index (χ4n) is 2.50. The van der Waals surface area contributed by atoms with Crippen molar-refractivity contribution >= 4 is 0 Å². The molecule has 1 fully saturated rings. The number of ether oxygens (including phenoxy) is 1. The molecule has 100 valence electrons. The first-order valence-corrected chi connectivity index (χ1v) is 7.09. The van der Waals surface area contributed by atoms with Crippen LogP contribution >= 0.6 is 0 Å². The molecule has 1 atom stereocenters. The largest absolute Gasteiger partial charge is 0.372 e. The fraction of sp³-hybridized carbons (Fsp3) is 0.667. The van der Waals surface area contributed by atoms with Crippen LogP contribution in [0.3, 0.4) is 0 Å². The summed E-state index contributed by atoms with van der Waals surface area (Å²) in [4.78, 5) is 4.31. The zero-order chi connectivity index (χ0) is 12.6. The summed E-state index contributed by atoms with van der Waals surface area (Å²) in [5.41, 5.74) is 1.03. The van der Waals surface area contributed by atoms with Crippen molar-refractivity contribution < 1.29 is 4.74 Å². The van der Waals surface area contributed by atoms with Crippen molar-refractivity contribution in [1.82, 2.24) is 10.3 Å². The van der Waals surface area contributed by atoms with Gasteiger partial charge in [0, 0.05) is 12.8 Å². The molecule has 1 aromatic heterocycles. The van der Waals surface area contributed by atoms with E-state index < -0.39 is 0 Å². The van der Waals surface area contributed by atoms with E-state index in [0.717, 1.165) is 18.2 Å². The lowest BCUT2D eigenvalue weighted by Crippen LogP contribution is -2.27. The molecule has 3 heteroatoms. The molecule has 0 spiro atoms. The highest BCUT2D eigenvalue weighted by Crippen LogP contribution is 2.19. The minimum absolute atomic E-state index is 0.110. The molecule has 1 aliphatic heterocycles. The number of pyridine rings is 1. The summed E-state index contributed by atoms with van der Waals surface area (Å²) >= 11 is 0. The summed E-state index contributed by atoms with van der Waals surface area (Å²) in [6, 6.07) is 5.97. The molecule has 2 heterocycles. The summed E-state index contributed by atoms with van der Waals surface area (Å²) < 4.78 is 5.84. The van der Waals surface area contributed by atoms with Gasteiger partial charge in [0.2, 0.25) is 0 Å². The first-order valence-electron chi connectivity index (χ1n) is 7.09. The predicted molar refractivity (Wildman–Crippen MR) is 73.4 cm³/mol. The second kappa shape index (κ2) is 7.49. The van der Waals surface area contributed by atoms with E-state index in [2.05, 4.69) is 17.2 Å².